The Labute approximate surface area is 132 Å². The number of hydrogen-bond acceptors (Lipinski definition) is 4. The minimum absolute atomic E-state index is 0.319. The predicted molar refractivity (Wildman–Crippen MR) is 89.7 cm³/mol. The van der Waals surface area contributed by atoms with Gasteiger partial charge in [0.1, 0.15) is 10.7 Å². The molecule has 21 heavy (non-hydrogen) atoms. The van der Waals surface area contributed by atoms with Gasteiger partial charge < -0.3 is 15.4 Å². The molecule has 0 aliphatic heterocycles. The van der Waals surface area contributed by atoms with Crippen molar-refractivity contribution in [3.63, 3.8) is 0 Å². The number of halogens is 1. The van der Waals surface area contributed by atoms with E-state index in [-0.39, 0.29) is 0 Å². The zero-order valence-electron chi connectivity index (χ0n) is 13.3. The summed E-state index contributed by atoms with van der Waals surface area (Å²) in [5.74, 6) is 1.36. The number of nitrogens with two attached hydrogens (primary N) is 1. The third-order valence-corrected chi connectivity index (χ3v) is 3.28. The maximum absolute atomic E-state index is 6.16. The lowest BCUT2D eigenvalue weighted by atomic mass is 10.1. The third kappa shape index (κ3) is 6.21. The molecule has 0 atom stereocenters. The Hall–Kier alpha value is -1.49. The largest absolute Gasteiger partial charge is 0.477 e. The summed E-state index contributed by atoms with van der Waals surface area (Å²) in [6, 6.07) is 1.68. The number of aromatic nitrogens is 1. The molecule has 0 saturated carbocycles. The second kappa shape index (κ2) is 8.72. The highest BCUT2D eigenvalue weighted by atomic mass is 35.5. The average molecular weight is 313 g/mol. The van der Waals surface area contributed by atoms with Gasteiger partial charge in [-0.3, -0.25) is 0 Å². The van der Waals surface area contributed by atoms with Crippen molar-refractivity contribution in [1.29, 1.82) is 0 Å². The van der Waals surface area contributed by atoms with E-state index in [1.165, 1.54) is 0 Å². The Bertz CT molecular complexity index is 477. The maximum Gasteiger partial charge on any atom is 0.234 e. The van der Waals surface area contributed by atoms with Gasteiger partial charge in [0.05, 0.1) is 12.9 Å². The van der Waals surface area contributed by atoms with Crippen LogP contribution in [-0.2, 0) is 0 Å². The molecule has 5 nitrogen and oxygen atoms in total. The van der Waals surface area contributed by atoms with Crippen LogP contribution in [0.5, 0.6) is 5.88 Å². The highest BCUT2D eigenvalue weighted by Gasteiger charge is 2.09. The molecule has 0 unspecified atom stereocenters. The molecule has 0 amide bonds. The van der Waals surface area contributed by atoms with Crippen LogP contribution in [0.2, 0.25) is 5.02 Å². The minimum Gasteiger partial charge on any atom is -0.477 e. The Morgan fingerprint density at radius 2 is 2.24 bits per heavy atom. The molecule has 0 fully saturated rings. The van der Waals surface area contributed by atoms with Crippen LogP contribution in [0.25, 0.3) is 0 Å². The normalized spacial score (nSPS) is 11.3. The van der Waals surface area contributed by atoms with Crippen molar-refractivity contribution in [2.45, 2.75) is 33.6 Å². The van der Waals surface area contributed by atoms with Crippen molar-refractivity contribution in [3.8, 4) is 5.88 Å². The molecular weight excluding hydrogens is 288 g/mol. The Balaban J connectivity index is 2.68. The van der Waals surface area contributed by atoms with Gasteiger partial charge >= 0.3 is 0 Å². The number of aliphatic imine (C=N–C) groups is 1. The molecule has 0 aromatic carbocycles. The Morgan fingerprint density at radius 1 is 1.52 bits per heavy atom. The number of nitrogens with zero attached hydrogens (tertiary/aromatic N) is 3. The van der Waals surface area contributed by atoms with E-state index in [9.17, 15) is 0 Å². The van der Waals surface area contributed by atoms with E-state index < -0.39 is 0 Å². The van der Waals surface area contributed by atoms with Gasteiger partial charge in [-0.15, -0.1) is 0 Å². The quantitative estimate of drug-likeness (QED) is 0.451. The molecule has 0 aliphatic carbocycles. The van der Waals surface area contributed by atoms with E-state index >= 15 is 0 Å². The smallest absolute Gasteiger partial charge is 0.234 e. The number of anilines is 1. The highest BCUT2D eigenvalue weighted by Crippen LogP contribution is 2.31. The van der Waals surface area contributed by atoms with Crippen LogP contribution in [0.4, 0.5) is 11.5 Å². The van der Waals surface area contributed by atoms with Crippen LogP contribution in [-0.4, -0.2) is 36.4 Å². The third-order valence-electron chi connectivity index (χ3n) is 3.01. The number of nitrogen functional groups attached to an aromatic ring is 1. The molecule has 118 valence electrons. The first kappa shape index (κ1) is 17.6. The summed E-state index contributed by atoms with van der Waals surface area (Å²) in [5.41, 5.74) is 6.44. The molecule has 6 heteroatoms. The molecule has 1 rings (SSSR count). The van der Waals surface area contributed by atoms with Crippen molar-refractivity contribution >= 4 is 29.4 Å². The summed E-state index contributed by atoms with van der Waals surface area (Å²) in [5, 5.41) is 0.431. The number of hydrogen-bond donors (Lipinski definition) is 1. The fourth-order valence-electron chi connectivity index (χ4n) is 1.58. The molecule has 1 heterocycles. The molecule has 2 N–H and O–H groups in total. The van der Waals surface area contributed by atoms with Crippen LogP contribution < -0.4 is 10.5 Å². The van der Waals surface area contributed by atoms with Crippen LogP contribution in [0.15, 0.2) is 11.1 Å². The first-order valence-electron chi connectivity index (χ1n) is 7.27. The standard InChI is InChI=1S/C15H25ClN4O/c1-5-20(4)10-18-13-9-12(16)15(19-14(13)17)21-8-6-7-11(2)3/h9-11H,5-8H2,1-4H3,(H2,17,19)/b18-10+. The van der Waals surface area contributed by atoms with Crippen LogP contribution in [0.3, 0.4) is 0 Å². The van der Waals surface area contributed by atoms with Crippen molar-refractivity contribution < 1.29 is 4.74 Å². The molecule has 0 aliphatic rings. The highest BCUT2D eigenvalue weighted by molar-refractivity contribution is 6.32. The Morgan fingerprint density at radius 3 is 2.86 bits per heavy atom. The summed E-state index contributed by atoms with van der Waals surface area (Å²) >= 11 is 6.16. The lowest BCUT2D eigenvalue weighted by Crippen LogP contribution is -2.14. The summed E-state index contributed by atoms with van der Waals surface area (Å²) < 4.78 is 5.58. The van der Waals surface area contributed by atoms with Crippen molar-refractivity contribution in [2.24, 2.45) is 10.9 Å². The maximum atomic E-state index is 6.16. The lowest BCUT2D eigenvalue weighted by Gasteiger charge is -2.11. The van der Waals surface area contributed by atoms with Crippen LogP contribution >= 0.6 is 11.6 Å². The molecule has 1 aromatic heterocycles. The zero-order valence-corrected chi connectivity index (χ0v) is 14.0. The summed E-state index contributed by atoms with van der Waals surface area (Å²) in [4.78, 5) is 10.4. The second-order valence-electron chi connectivity index (χ2n) is 5.38. The van der Waals surface area contributed by atoms with Gasteiger partial charge in [-0.05, 0) is 31.7 Å². The molecule has 0 radical (unpaired) electrons. The summed E-state index contributed by atoms with van der Waals surface area (Å²) in [7, 11) is 1.93. The zero-order chi connectivity index (χ0) is 15.8. The summed E-state index contributed by atoms with van der Waals surface area (Å²) in [6.07, 6.45) is 3.78. The topological polar surface area (TPSA) is 63.7 Å². The molecule has 1 aromatic rings. The first-order valence-corrected chi connectivity index (χ1v) is 7.65. The van der Waals surface area contributed by atoms with Gasteiger partial charge in [0, 0.05) is 13.6 Å². The van der Waals surface area contributed by atoms with E-state index in [0.29, 0.717) is 34.9 Å². The van der Waals surface area contributed by atoms with Gasteiger partial charge in [-0.25, -0.2) is 4.99 Å². The van der Waals surface area contributed by atoms with E-state index in [1.807, 2.05) is 18.9 Å². The van der Waals surface area contributed by atoms with Gasteiger partial charge in [0.25, 0.3) is 0 Å². The molecular formula is C15H25ClN4O. The first-order chi connectivity index (χ1) is 9.93. The van der Waals surface area contributed by atoms with E-state index in [0.717, 1.165) is 19.4 Å². The van der Waals surface area contributed by atoms with Gasteiger partial charge in [0.2, 0.25) is 5.88 Å². The SMILES string of the molecule is CCN(C)/C=N/c1cc(Cl)c(OCCCC(C)C)nc1N. The number of rotatable bonds is 8. The van der Waals surface area contributed by atoms with Gasteiger partial charge in [-0.1, -0.05) is 25.4 Å². The van der Waals surface area contributed by atoms with Crippen molar-refractivity contribution in [3.05, 3.63) is 11.1 Å². The molecule has 0 spiro atoms. The summed E-state index contributed by atoms with van der Waals surface area (Å²) in [6.45, 7) is 7.86. The fourth-order valence-corrected chi connectivity index (χ4v) is 1.78. The predicted octanol–water partition coefficient (Wildman–Crippen LogP) is 3.74. The van der Waals surface area contributed by atoms with E-state index in [2.05, 4.69) is 23.8 Å². The monoisotopic (exact) mass is 312 g/mol. The van der Waals surface area contributed by atoms with E-state index in [1.54, 1.807) is 12.4 Å². The number of ether oxygens (including phenoxy) is 1. The second-order valence-corrected chi connectivity index (χ2v) is 5.79. The van der Waals surface area contributed by atoms with Gasteiger partial charge in [0.15, 0.2) is 5.82 Å². The molecule has 0 saturated heterocycles. The minimum atomic E-state index is 0.319. The average Bonchev–Trinajstić information content (AvgIpc) is 2.44. The van der Waals surface area contributed by atoms with Gasteiger partial charge in [-0.2, -0.15) is 4.98 Å². The van der Waals surface area contributed by atoms with Crippen LogP contribution in [0, 0.1) is 5.92 Å². The van der Waals surface area contributed by atoms with Crippen molar-refractivity contribution in [2.75, 3.05) is 25.9 Å². The lowest BCUT2D eigenvalue weighted by molar-refractivity contribution is 0.288. The fraction of sp³-hybridized carbons (Fsp3) is 0.600. The van der Waals surface area contributed by atoms with Crippen molar-refractivity contribution in [1.82, 2.24) is 9.88 Å². The Kier molecular flexibility index (Phi) is 7.29. The number of pyridine rings is 1. The molecule has 0 bridgehead atoms. The van der Waals surface area contributed by atoms with Crippen LogP contribution in [0.1, 0.15) is 33.6 Å². The van der Waals surface area contributed by atoms with E-state index in [4.69, 9.17) is 22.1 Å².